The van der Waals surface area contributed by atoms with E-state index in [1.54, 1.807) is 6.20 Å². The number of carbonyl (C=O) groups is 1. The molecule has 2 fully saturated rings. The van der Waals surface area contributed by atoms with Gasteiger partial charge in [0, 0.05) is 42.5 Å². The summed E-state index contributed by atoms with van der Waals surface area (Å²) in [4.78, 5) is 21.8. The monoisotopic (exact) mass is 426 g/mol. The first-order chi connectivity index (χ1) is 14.7. The standard InChI is InChI=1S/C24H31ClN4O/c25-22-5-3-19(4-6-22)18-28-12-9-23(10-13-28)29-14-7-21(8-15-29)24(30)27-17-20-2-1-11-26-16-20/h1-6,11,16,21,23H,7-10,12-15,17-18H2,(H,27,30). The zero-order valence-electron chi connectivity index (χ0n) is 17.5. The molecule has 5 nitrogen and oxygen atoms in total. The molecular formula is C24H31ClN4O. The van der Waals surface area contributed by atoms with Crippen LogP contribution in [-0.4, -0.2) is 52.9 Å². The third-order valence-electron chi connectivity index (χ3n) is 6.48. The summed E-state index contributed by atoms with van der Waals surface area (Å²) < 4.78 is 0. The fourth-order valence-electron chi connectivity index (χ4n) is 4.65. The molecule has 1 amide bonds. The summed E-state index contributed by atoms with van der Waals surface area (Å²) in [7, 11) is 0. The van der Waals surface area contributed by atoms with Gasteiger partial charge in [-0.3, -0.25) is 14.7 Å². The molecule has 0 radical (unpaired) electrons. The lowest BCUT2D eigenvalue weighted by molar-refractivity contribution is -0.126. The summed E-state index contributed by atoms with van der Waals surface area (Å²) in [6, 6.07) is 12.7. The number of rotatable bonds is 6. The molecule has 0 bridgehead atoms. The highest BCUT2D eigenvalue weighted by Crippen LogP contribution is 2.25. The summed E-state index contributed by atoms with van der Waals surface area (Å²) in [5.74, 6) is 0.333. The van der Waals surface area contributed by atoms with E-state index >= 15 is 0 Å². The van der Waals surface area contributed by atoms with Gasteiger partial charge >= 0.3 is 0 Å². The molecule has 2 aliphatic rings. The lowest BCUT2D eigenvalue weighted by atomic mass is 9.92. The quantitative estimate of drug-likeness (QED) is 0.764. The van der Waals surface area contributed by atoms with Gasteiger partial charge in [-0.25, -0.2) is 0 Å². The van der Waals surface area contributed by atoms with Gasteiger partial charge in [0.2, 0.25) is 5.91 Å². The molecule has 6 heteroatoms. The Morgan fingerprint density at radius 3 is 2.40 bits per heavy atom. The number of piperidine rings is 2. The van der Waals surface area contributed by atoms with E-state index in [0.717, 1.165) is 56.2 Å². The molecule has 0 aliphatic carbocycles. The van der Waals surface area contributed by atoms with E-state index in [0.29, 0.717) is 12.6 Å². The molecule has 2 aromatic rings. The minimum atomic E-state index is 0.142. The molecule has 0 unspecified atom stereocenters. The van der Waals surface area contributed by atoms with Crippen molar-refractivity contribution in [3.63, 3.8) is 0 Å². The number of aromatic nitrogens is 1. The molecule has 0 saturated carbocycles. The molecular weight excluding hydrogens is 396 g/mol. The molecule has 3 heterocycles. The highest BCUT2D eigenvalue weighted by atomic mass is 35.5. The van der Waals surface area contributed by atoms with E-state index < -0.39 is 0 Å². The fraction of sp³-hybridized carbons (Fsp3) is 0.500. The molecule has 30 heavy (non-hydrogen) atoms. The van der Waals surface area contributed by atoms with E-state index in [9.17, 15) is 4.79 Å². The first kappa shape index (κ1) is 21.3. The van der Waals surface area contributed by atoms with Crippen LogP contribution >= 0.6 is 11.6 Å². The van der Waals surface area contributed by atoms with Crippen molar-refractivity contribution in [2.75, 3.05) is 26.2 Å². The lowest BCUT2D eigenvalue weighted by Gasteiger charge is -2.41. The Morgan fingerprint density at radius 1 is 1.00 bits per heavy atom. The predicted molar refractivity (Wildman–Crippen MR) is 120 cm³/mol. The molecule has 160 valence electrons. The first-order valence-electron chi connectivity index (χ1n) is 11.0. The average Bonchev–Trinajstić information content (AvgIpc) is 2.80. The zero-order chi connectivity index (χ0) is 20.8. The van der Waals surface area contributed by atoms with E-state index in [-0.39, 0.29) is 11.8 Å². The normalized spacial score (nSPS) is 19.6. The number of carbonyl (C=O) groups excluding carboxylic acids is 1. The number of likely N-dealkylation sites (tertiary alicyclic amines) is 2. The van der Waals surface area contributed by atoms with Gasteiger partial charge in [0.05, 0.1) is 0 Å². The topological polar surface area (TPSA) is 48.5 Å². The number of pyridine rings is 1. The lowest BCUT2D eigenvalue weighted by Crippen LogP contribution is -2.49. The number of nitrogens with zero attached hydrogens (tertiary/aromatic N) is 3. The van der Waals surface area contributed by atoms with Gasteiger partial charge in [0.25, 0.3) is 0 Å². The van der Waals surface area contributed by atoms with Crippen molar-refractivity contribution < 1.29 is 4.79 Å². The predicted octanol–water partition coefficient (Wildman–Crippen LogP) is 3.73. The van der Waals surface area contributed by atoms with Crippen LogP contribution in [0.5, 0.6) is 0 Å². The number of amides is 1. The highest BCUT2D eigenvalue weighted by Gasteiger charge is 2.30. The molecule has 2 saturated heterocycles. The minimum Gasteiger partial charge on any atom is -0.352 e. The number of hydrogen-bond acceptors (Lipinski definition) is 4. The number of halogens is 1. The molecule has 0 spiro atoms. The Hall–Kier alpha value is -1.95. The van der Waals surface area contributed by atoms with Gasteiger partial charge in [-0.1, -0.05) is 29.8 Å². The van der Waals surface area contributed by atoms with Gasteiger partial charge in [-0.05, 0) is 81.2 Å². The van der Waals surface area contributed by atoms with Crippen LogP contribution in [0.3, 0.4) is 0 Å². The third-order valence-corrected chi connectivity index (χ3v) is 6.73. The van der Waals surface area contributed by atoms with Crippen LogP contribution in [-0.2, 0) is 17.9 Å². The van der Waals surface area contributed by atoms with Gasteiger partial charge < -0.3 is 10.2 Å². The zero-order valence-corrected chi connectivity index (χ0v) is 18.2. The van der Waals surface area contributed by atoms with Crippen LogP contribution < -0.4 is 5.32 Å². The summed E-state index contributed by atoms with van der Waals surface area (Å²) in [6.07, 6.45) is 7.91. The van der Waals surface area contributed by atoms with Crippen LogP contribution in [0.1, 0.15) is 36.8 Å². The summed E-state index contributed by atoms with van der Waals surface area (Å²) in [6.45, 7) is 5.92. The van der Waals surface area contributed by atoms with E-state index in [1.165, 1.54) is 18.4 Å². The van der Waals surface area contributed by atoms with E-state index in [1.807, 2.05) is 30.5 Å². The molecule has 1 aromatic heterocycles. The average molecular weight is 427 g/mol. The number of benzene rings is 1. The van der Waals surface area contributed by atoms with Crippen molar-refractivity contribution in [2.45, 2.75) is 44.8 Å². The van der Waals surface area contributed by atoms with E-state index in [2.05, 4.69) is 32.2 Å². The molecule has 1 N–H and O–H groups in total. The van der Waals surface area contributed by atoms with Crippen LogP contribution in [0, 0.1) is 5.92 Å². The maximum atomic E-state index is 12.5. The first-order valence-corrected chi connectivity index (χ1v) is 11.4. The number of nitrogens with one attached hydrogen (secondary N) is 1. The molecule has 1 aromatic carbocycles. The van der Waals surface area contributed by atoms with Crippen molar-refractivity contribution >= 4 is 17.5 Å². The Labute approximate surface area is 184 Å². The molecule has 0 atom stereocenters. The van der Waals surface area contributed by atoms with Gasteiger partial charge in [-0.2, -0.15) is 0 Å². The van der Waals surface area contributed by atoms with Gasteiger partial charge in [0.1, 0.15) is 0 Å². The van der Waals surface area contributed by atoms with Crippen LogP contribution in [0.15, 0.2) is 48.8 Å². The maximum absolute atomic E-state index is 12.5. The largest absolute Gasteiger partial charge is 0.352 e. The van der Waals surface area contributed by atoms with Crippen molar-refractivity contribution in [1.82, 2.24) is 20.1 Å². The fourth-order valence-corrected chi connectivity index (χ4v) is 4.78. The van der Waals surface area contributed by atoms with Crippen LogP contribution in [0.2, 0.25) is 5.02 Å². The van der Waals surface area contributed by atoms with Crippen LogP contribution in [0.4, 0.5) is 0 Å². The van der Waals surface area contributed by atoms with Crippen molar-refractivity contribution in [1.29, 1.82) is 0 Å². The Morgan fingerprint density at radius 2 is 1.73 bits per heavy atom. The van der Waals surface area contributed by atoms with E-state index in [4.69, 9.17) is 11.6 Å². The van der Waals surface area contributed by atoms with Crippen molar-refractivity contribution in [3.8, 4) is 0 Å². The number of hydrogen-bond donors (Lipinski definition) is 1. The van der Waals surface area contributed by atoms with Crippen molar-refractivity contribution in [2.24, 2.45) is 5.92 Å². The van der Waals surface area contributed by atoms with Gasteiger partial charge in [0.15, 0.2) is 0 Å². The smallest absolute Gasteiger partial charge is 0.223 e. The maximum Gasteiger partial charge on any atom is 0.223 e. The SMILES string of the molecule is O=C(NCc1cccnc1)C1CCN(C2CCN(Cc3ccc(Cl)cc3)CC2)CC1. The van der Waals surface area contributed by atoms with Crippen molar-refractivity contribution in [3.05, 3.63) is 64.9 Å². The second kappa shape index (κ2) is 10.4. The Bertz CT molecular complexity index is 798. The minimum absolute atomic E-state index is 0.142. The third kappa shape index (κ3) is 5.81. The summed E-state index contributed by atoms with van der Waals surface area (Å²) in [5.41, 5.74) is 2.38. The summed E-state index contributed by atoms with van der Waals surface area (Å²) in [5, 5.41) is 3.88. The Balaban J connectivity index is 1.17. The van der Waals surface area contributed by atoms with Crippen LogP contribution in [0.25, 0.3) is 0 Å². The second-order valence-electron chi connectivity index (χ2n) is 8.52. The molecule has 2 aliphatic heterocycles. The second-order valence-corrected chi connectivity index (χ2v) is 8.96. The van der Waals surface area contributed by atoms with Gasteiger partial charge in [-0.15, -0.1) is 0 Å². The Kier molecular flexibility index (Phi) is 7.37. The molecule has 4 rings (SSSR count). The highest BCUT2D eigenvalue weighted by molar-refractivity contribution is 6.30. The summed E-state index contributed by atoms with van der Waals surface area (Å²) >= 11 is 5.99.